The summed E-state index contributed by atoms with van der Waals surface area (Å²) in [5.41, 5.74) is 2.84. The summed E-state index contributed by atoms with van der Waals surface area (Å²) in [7, 11) is 0. The molecule has 1 aromatic heterocycles. The normalized spacial score (nSPS) is 13.4. The molecular formula is C47H76N2. The van der Waals surface area contributed by atoms with Crippen molar-refractivity contribution in [1.82, 2.24) is 9.55 Å². The van der Waals surface area contributed by atoms with Crippen LogP contribution in [0.1, 0.15) is 204 Å². The average molecular weight is 669 g/mol. The van der Waals surface area contributed by atoms with Crippen molar-refractivity contribution >= 4 is 0 Å². The van der Waals surface area contributed by atoms with Gasteiger partial charge >= 0.3 is 0 Å². The largest absolute Gasteiger partial charge is 0.335 e. The zero-order chi connectivity index (χ0) is 34.7. The van der Waals surface area contributed by atoms with Crippen LogP contribution in [0.5, 0.6) is 0 Å². The molecule has 0 N–H and O–H groups in total. The molecule has 0 spiro atoms. The van der Waals surface area contributed by atoms with Crippen molar-refractivity contribution in [3.63, 3.8) is 0 Å². The number of rotatable bonds is 31. The van der Waals surface area contributed by atoms with Gasteiger partial charge in [-0.1, -0.05) is 229 Å². The number of benzene rings is 2. The second kappa shape index (κ2) is 26.5. The summed E-state index contributed by atoms with van der Waals surface area (Å²) >= 11 is 0. The maximum Gasteiger partial charge on any atom is 0.112 e. The van der Waals surface area contributed by atoms with Gasteiger partial charge in [0.05, 0.1) is 0 Å². The van der Waals surface area contributed by atoms with E-state index in [9.17, 15) is 0 Å². The Morgan fingerprint density at radius 2 is 0.959 bits per heavy atom. The molecule has 2 atom stereocenters. The first-order valence-corrected chi connectivity index (χ1v) is 21.3. The summed E-state index contributed by atoms with van der Waals surface area (Å²) in [6.45, 7) is 8.24. The summed E-state index contributed by atoms with van der Waals surface area (Å²) in [5.74, 6) is 1.69. The highest BCUT2D eigenvalue weighted by Gasteiger charge is 2.39. The molecule has 0 aliphatic carbocycles. The van der Waals surface area contributed by atoms with Crippen LogP contribution in [0.2, 0.25) is 0 Å². The van der Waals surface area contributed by atoms with Gasteiger partial charge in [-0.2, -0.15) is 0 Å². The molecule has 0 fully saturated rings. The Morgan fingerprint density at radius 3 is 1.45 bits per heavy atom. The monoisotopic (exact) mass is 669 g/mol. The van der Waals surface area contributed by atoms with E-state index >= 15 is 0 Å². The molecular weight excluding hydrogens is 593 g/mol. The summed E-state index contributed by atoms with van der Waals surface area (Å²) in [6, 6.07) is 22.6. The highest BCUT2D eigenvalue weighted by Crippen LogP contribution is 2.44. The highest BCUT2D eigenvalue weighted by atomic mass is 15.1. The van der Waals surface area contributed by atoms with Crippen LogP contribution in [0.15, 0.2) is 73.1 Å². The van der Waals surface area contributed by atoms with Crippen molar-refractivity contribution in [3.8, 4) is 0 Å². The minimum Gasteiger partial charge on any atom is -0.335 e. The molecule has 0 bridgehead atoms. The smallest absolute Gasteiger partial charge is 0.112 e. The summed E-state index contributed by atoms with van der Waals surface area (Å²) in [4.78, 5) is 5.16. The van der Waals surface area contributed by atoms with Crippen LogP contribution in [0.25, 0.3) is 0 Å². The number of aromatic nitrogens is 2. The van der Waals surface area contributed by atoms with Gasteiger partial charge in [0, 0.05) is 30.3 Å². The predicted molar refractivity (Wildman–Crippen MR) is 216 cm³/mol. The van der Waals surface area contributed by atoms with E-state index < -0.39 is 0 Å². The molecule has 0 saturated carbocycles. The van der Waals surface area contributed by atoms with E-state index in [0.29, 0.717) is 5.92 Å². The molecule has 3 aromatic rings. The van der Waals surface area contributed by atoms with E-state index in [1.807, 2.05) is 0 Å². The van der Waals surface area contributed by atoms with Gasteiger partial charge in [-0.05, 0) is 30.4 Å². The first kappa shape index (κ1) is 41.1. The molecule has 274 valence electrons. The second-order valence-corrected chi connectivity index (χ2v) is 15.5. The SMILES string of the molecule is CCCCCCCCCCCCCCCCCC(c1nccn1CCCCCCCCCCC)C(C)(Cc1ccccc1)c1ccccc1. The molecule has 3 rings (SSSR count). The zero-order valence-corrected chi connectivity index (χ0v) is 32.5. The Hall–Kier alpha value is -2.35. The maximum atomic E-state index is 5.16. The average Bonchev–Trinajstić information content (AvgIpc) is 3.59. The van der Waals surface area contributed by atoms with E-state index in [-0.39, 0.29) is 5.41 Å². The van der Waals surface area contributed by atoms with Crippen molar-refractivity contribution < 1.29 is 0 Å². The van der Waals surface area contributed by atoms with E-state index in [1.165, 1.54) is 177 Å². The van der Waals surface area contributed by atoms with Gasteiger partial charge in [0.2, 0.25) is 0 Å². The van der Waals surface area contributed by atoms with Crippen LogP contribution in [0.4, 0.5) is 0 Å². The lowest BCUT2D eigenvalue weighted by molar-refractivity contribution is 0.321. The number of nitrogens with zero attached hydrogens (tertiary/aromatic N) is 2. The quantitative estimate of drug-likeness (QED) is 0.0624. The number of hydrogen-bond acceptors (Lipinski definition) is 1. The molecule has 1 heterocycles. The number of unbranched alkanes of at least 4 members (excludes halogenated alkanes) is 22. The third kappa shape index (κ3) is 16.5. The molecule has 0 saturated heterocycles. The van der Waals surface area contributed by atoms with E-state index in [4.69, 9.17) is 4.98 Å². The lowest BCUT2D eigenvalue weighted by Crippen LogP contribution is -2.35. The van der Waals surface area contributed by atoms with Gasteiger partial charge in [-0.3, -0.25) is 0 Å². The first-order chi connectivity index (χ1) is 24.2. The minimum absolute atomic E-state index is 0.0276. The van der Waals surface area contributed by atoms with Gasteiger partial charge in [-0.15, -0.1) is 0 Å². The van der Waals surface area contributed by atoms with Crippen molar-refractivity contribution in [1.29, 1.82) is 0 Å². The Kier molecular flexibility index (Phi) is 22.2. The van der Waals surface area contributed by atoms with Crippen LogP contribution < -0.4 is 0 Å². The summed E-state index contributed by atoms with van der Waals surface area (Å²) in [6.07, 6.45) is 40.0. The van der Waals surface area contributed by atoms with Gasteiger partial charge in [-0.25, -0.2) is 4.98 Å². The first-order valence-electron chi connectivity index (χ1n) is 21.3. The molecule has 2 unspecified atom stereocenters. The number of imidazole rings is 1. The molecule has 0 aliphatic rings. The van der Waals surface area contributed by atoms with Gasteiger partial charge in [0.25, 0.3) is 0 Å². The topological polar surface area (TPSA) is 17.8 Å². The van der Waals surface area contributed by atoms with E-state index in [1.54, 1.807) is 0 Å². The van der Waals surface area contributed by atoms with Crippen LogP contribution in [0, 0.1) is 0 Å². The molecule has 2 nitrogen and oxygen atoms in total. The zero-order valence-electron chi connectivity index (χ0n) is 32.5. The number of hydrogen-bond donors (Lipinski definition) is 0. The summed E-state index contributed by atoms with van der Waals surface area (Å²) in [5, 5.41) is 0. The Balaban J connectivity index is 1.56. The number of aryl methyl sites for hydroxylation is 1. The van der Waals surface area contributed by atoms with Crippen molar-refractivity contribution in [2.75, 3.05) is 0 Å². The Labute approximate surface area is 304 Å². The van der Waals surface area contributed by atoms with Crippen LogP contribution in [-0.4, -0.2) is 9.55 Å². The maximum absolute atomic E-state index is 5.16. The molecule has 2 heteroatoms. The molecule has 0 amide bonds. The van der Waals surface area contributed by atoms with E-state index in [2.05, 4.69) is 98.4 Å². The van der Waals surface area contributed by atoms with Crippen molar-refractivity contribution in [3.05, 3.63) is 90.0 Å². The van der Waals surface area contributed by atoms with Gasteiger partial charge in [0.1, 0.15) is 5.82 Å². The van der Waals surface area contributed by atoms with Crippen LogP contribution in [-0.2, 0) is 18.4 Å². The fourth-order valence-electron chi connectivity index (χ4n) is 8.13. The predicted octanol–water partition coefficient (Wildman–Crippen LogP) is 15.0. The minimum atomic E-state index is -0.0276. The molecule has 2 aromatic carbocycles. The van der Waals surface area contributed by atoms with Crippen molar-refractivity contribution in [2.24, 2.45) is 0 Å². The van der Waals surface area contributed by atoms with Crippen LogP contribution >= 0.6 is 0 Å². The lowest BCUT2D eigenvalue weighted by atomic mass is 9.66. The highest BCUT2D eigenvalue weighted by molar-refractivity contribution is 5.33. The van der Waals surface area contributed by atoms with Gasteiger partial charge < -0.3 is 4.57 Å². The third-order valence-corrected chi connectivity index (χ3v) is 11.3. The van der Waals surface area contributed by atoms with Gasteiger partial charge in [0.15, 0.2) is 0 Å². The molecule has 0 aliphatic heterocycles. The standard InChI is InChI=1S/C47H76N2/c1-4-6-8-10-12-14-15-16-17-18-19-20-22-24-32-38-45(46-48-39-41-49(46)40-33-25-23-21-13-11-9-7-5-2)47(3,44-36-30-27-31-37-44)42-43-34-28-26-29-35-43/h26-31,34-37,39,41,45H,4-25,32-33,38,40,42H2,1-3H3. The fraction of sp³-hybridized carbons (Fsp3) is 0.681. The Bertz CT molecular complexity index is 1150. The lowest BCUT2D eigenvalue weighted by Gasteiger charge is -2.39. The van der Waals surface area contributed by atoms with Crippen LogP contribution in [0.3, 0.4) is 0 Å². The Morgan fingerprint density at radius 1 is 0.531 bits per heavy atom. The molecule has 49 heavy (non-hydrogen) atoms. The third-order valence-electron chi connectivity index (χ3n) is 11.3. The van der Waals surface area contributed by atoms with Crippen molar-refractivity contribution in [2.45, 2.75) is 206 Å². The fourth-order valence-corrected chi connectivity index (χ4v) is 8.13. The van der Waals surface area contributed by atoms with E-state index in [0.717, 1.165) is 13.0 Å². The molecule has 0 radical (unpaired) electrons. The summed E-state index contributed by atoms with van der Waals surface area (Å²) < 4.78 is 2.53. The second-order valence-electron chi connectivity index (χ2n) is 15.5.